The van der Waals surface area contributed by atoms with Crippen molar-refractivity contribution < 1.29 is 14.3 Å². The van der Waals surface area contributed by atoms with Gasteiger partial charge in [-0.15, -0.1) is 0 Å². The number of aromatic nitrogens is 3. The van der Waals surface area contributed by atoms with Crippen molar-refractivity contribution in [1.29, 1.82) is 0 Å². The zero-order valence-electron chi connectivity index (χ0n) is 9.02. The van der Waals surface area contributed by atoms with E-state index in [1.165, 1.54) is 6.20 Å². The number of hydrogen-bond donors (Lipinski definition) is 2. The van der Waals surface area contributed by atoms with Crippen LogP contribution in [0.5, 0.6) is 0 Å². The number of methoxy groups -OCH3 is 1. The van der Waals surface area contributed by atoms with E-state index in [4.69, 9.17) is 9.47 Å². The highest BCUT2D eigenvalue weighted by Crippen LogP contribution is 2.21. The van der Waals surface area contributed by atoms with Gasteiger partial charge in [-0.2, -0.15) is 15.4 Å². The highest BCUT2D eigenvalue weighted by atomic mass is 16.5. The minimum atomic E-state index is -0.403. The molecule has 1 fully saturated rings. The van der Waals surface area contributed by atoms with Crippen molar-refractivity contribution in [2.75, 3.05) is 26.9 Å². The molecule has 1 aromatic heterocycles. The predicted octanol–water partition coefficient (Wildman–Crippen LogP) is -0.660. The van der Waals surface area contributed by atoms with Crippen LogP contribution in [0.25, 0.3) is 0 Å². The van der Waals surface area contributed by atoms with Crippen LogP contribution in [0.3, 0.4) is 0 Å². The van der Waals surface area contributed by atoms with Gasteiger partial charge in [0.05, 0.1) is 12.8 Å². The molecule has 2 N–H and O–H groups in total. The summed E-state index contributed by atoms with van der Waals surface area (Å²) in [7, 11) is 1.62. The van der Waals surface area contributed by atoms with Gasteiger partial charge in [0.1, 0.15) is 5.60 Å². The lowest BCUT2D eigenvalue weighted by atomic mass is 10.0. The molecule has 1 unspecified atom stereocenters. The molecule has 0 aliphatic carbocycles. The number of hydrogen-bond acceptors (Lipinski definition) is 5. The molecule has 2 heterocycles. The SMILES string of the molecule is COC1(CNC(=O)c2cn[nH]n2)CCOC1. The maximum Gasteiger partial charge on any atom is 0.273 e. The molecular formula is C9H14N4O3. The van der Waals surface area contributed by atoms with Crippen LogP contribution in [0.15, 0.2) is 6.20 Å². The number of H-pyrrole nitrogens is 1. The van der Waals surface area contributed by atoms with Crippen LogP contribution in [-0.2, 0) is 9.47 Å². The van der Waals surface area contributed by atoms with E-state index in [2.05, 4.69) is 20.7 Å². The molecule has 88 valence electrons. The molecular weight excluding hydrogens is 212 g/mol. The Bertz CT molecular complexity index is 346. The fraction of sp³-hybridized carbons (Fsp3) is 0.667. The molecule has 1 aliphatic rings. The van der Waals surface area contributed by atoms with Crippen molar-refractivity contribution >= 4 is 5.91 Å². The van der Waals surface area contributed by atoms with Gasteiger partial charge in [-0.25, -0.2) is 0 Å². The first kappa shape index (κ1) is 11.0. The number of nitrogens with one attached hydrogen (secondary N) is 2. The highest BCUT2D eigenvalue weighted by Gasteiger charge is 2.35. The molecule has 7 nitrogen and oxygen atoms in total. The topological polar surface area (TPSA) is 89.1 Å². The van der Waals surface area contributed by atoms with Gasteiger partial charge in [0.2, 0.25) is 0 Å². The summed E-state index contributed by atoms with van der Waals surface area (Å²) in [5, 5.41) is 12.4. The largest absolute Gasteiger partial charge is 0.378 e. The smallest absolute Gasteiger partial charge is 0.273 e. The fourth-order valence-corrected chi connectivity index (χ4v) is 1.60. The second-order valence-corrected chi connectivity index (χ2v) is 3.73. The number of carbonyl (C=O) groups excluding carboxylic acids is 1. The van der Waals surface area contributed by atoms with Crippen LogP contribution in [0.2, 0.25) is 0 Å². The van der Waals surface area contributed by atoms with E-state index in [9.17, 15) is 4.79 Å². The monoisotopic (exact) mass is 226 g/mol. The lowest BCUT2D eigenvalue weighted by Crippen LogP contribution is -2.45. The van der Waals surface area contributed by atoms with E-state index in [0.29, 0.717) is 19.8 Å². The Morgan fingerprint density at radius 3 is 3.25 bits per heavy atom. The van der Waals surface area contributed by atoms with E-state index in [0.717, 1.165) is 6.42 Å². The Morgan fingerprint density at radius 1 is 1.81 bits per heavy atom. The van der Waals surface area contributed by atoms with Crippen LogP contribution < -0.4 is 5.32 Å². The van der Waals surface area contributed by atoms with Gasteiger partial charge in [-0.05, 0) is 0 Å². The van der Waals surface area contributed by atoms with Crippen molar-refractivity contribution in [2.45, 2.75) is 12.0 Å². The quantitative estimate of drug-likeness (QED) is 0.711. The van der Waals surface area contributed by atoms with Gasteiger partial charge in [-0.3, -0.25) is 4.79 Å². The van der Waals surface area contributed by atoms with Crippen LogP contribution in [0, 0.1) is 0 Å². The zero-order chi connectivity index (χ0) is 11.4. The Morgan fingerprint density at radius 2 is 2.69 bits per heavy atom. The molecule has 0 bridgehead atoms. The second kappa shape index (κ2) is 4.58. The summed E-state index contributed by atoms with van der Waals surface area (Å²) < 4.78 is 10.6. The Kier molecular flexibility index (Phi) is 3.16. The molecule has 0 spiro atoms. The summed E-state index contributed by atoms with van der Waals surface area (Å²) in [5.74, 6) is -0.267. The number of nitrogens with zero attached hydrogens (tertiary/aromatic N) is 2. The van der Waals surface area contributed by atoms with E-state index >= 15 is 0 Å². The standard InChI is InChI=1S/C9H14N4O3/c1-15-9(2-3-16-6-9)5-10-8(14)7-4-11-13-12-7/h4H,2-3,5-6H2,1H3,(H,10,14)(H,11,12,13). The maximum atomic E-state index is 11.6. The molecule has 0 radical (unpaired) electrons. The number of carbonyl (C=O) groups is 1. The maximum absolute atomic E-state index is 11.6. The zero-order valence-corrected chi connectivity index (χ0v) is 9.02. The van der Waals surface area contributed by atoms with E-state index in [1.807, 2.05) is 0 Å². The van der Waals surface area contributed by atoms with Crippen molar-refractivity contribution in [2.24, 2.45) is 0 Å². The average molecular weight is 226 g/mol. The van der Waals surface area contributed by atoms with Crippen molar-refractivity contribution in [1.82, 2.24) is 20.7 Å². The third-order valence-electron chi connectivity index (χ3n) is 2.72. The first-order valence-electron chi connectivity index (χ1n) is 5.03. The van der Waals surface area contributed by atoms with Crippen molar-refractivity contribution in [3.8, 4) is 0 Å². The first-order chi connectivity index (χ1) is 7.76. The lowest BCUT2D eigenvalue weighted by Gasteiger charge is -2.25. The number of aromatic amines is 1. The summed E-state index contributed by atoms with van der Waals surface area (Å²) in [5.41, 5.74) is -0.135. The second-order valence-electron chi connectivity index (χ2n) is 3.73. The van der Waals surface area contributed by atoms with Crippen LogP contribution in [0.4, 0.5) is 0 Å². The summed E-state index contributed by atoms with van der Waals surface area (Å²) in [4.78, 5) is 11.6. The van der Waals surface area contributed by atoms with Crippen LogP contribution in [-0.4, -0.2) is 53.8 Å². The Labute approximate surface area is 92.5 Å². The Balaban J connectivity index is 1.89. The molecule has 2 rings (SSSR count). The molecule has 16 heavy (non-hydrogen) atoms. The Hall–Kier alpha value is -1.47. The molecule has 1 saturated heterocycles. The fourth-order valence-electron chi connectivity index (χ4n) is 1.60. The molecule has 0 aromatic carbocycles. The van der Waals surface area contributed by atoms with Crippen LogP contribution >= 0.6 is 0 Å². The van der Waals surface area contributed by atoms with E-state index < -0.39 is 5.60 Å². The number of rotatable bonds is 4. The van der Waals surface area contributed by atoms with Gasteiger partial charge < -0.3 is 14.8 Å². The highest BCUT2D eigenvalue weighted by molar-refractivity contribution is 5.91. The number of ether oxygens (including phenoxy) is 2. The van der Waals surface area contributed by atoms with Crippen molar-refractivity contribution in [3.05, 3.63) is 11.9 Å². The third kappa shape index (κ3) is 2.20. The molecule has 1 aliphatic heterocycles. The van der Waals surface area contributed by atoms with Gasteiger partial charge >= 0.3 is 0 Å². The average Bonchev–Trinajstić information content (AvgIpc) is 2.98. The summed E-state index contributed by atoms with van der Waals surface area (Å²) in [6.07, 6.45) is 2.16. The minimum Gasteiger partial charge on any atom is -0.378 e. The van der Waals surface area contributed by atoms with Gasteiger partial charge in [0.15, 0.2) is 5.69 Å². The van der Waals surface area contributed by atoms with Gasteiger partial charge in [0.25, 0.3) is 5.91 Å². The predicted molar refractivity (Wildman–Crippen MR) is 53.9 cm³/mol. The molecule has 1 atom stereocenters. The molecule has 1 aromatic rings. The third-order valence-corrected chi connectivity index (χ3v) is 2.72. The lowest BCUT2D eigenvalue weighted by molar-refractivity contribution is -0.0149. The van der Waals surface area contributed by atoms with Gasteiger partial charge in [0, 0.05) is 26.7 Å². The summed E-state index contributed by atoms with van der Waals surface area (Å²) >= 11 is 0. The van der Waals surface area contributed by atoms with E-state index in [1.54, 1.807) is 7.11 Å². The normalized spacial score (nSPS) is 24.6. The molecule has 1 amide bonds. The summed E-state index contributed by atoms with van der Waals surface area (Å²) in [6, 6.07) is 0. The van der Waals surface area contributed by atoms with Crippen LogP contribution in [0.1, 0.15) is 16.9 Å². The molecule has 0 saturated carbocycles. The summed E-state index contributed by atoms with van der Waals surface area (Å²) in [6.45, 7) is 1.57. The molecule has 7 heteroatoms. The first-order valence-corrected chi connectivity index (χ1v) is 5.03. The van der Waals surface area contributed by atoms with Gasteiger partial charge in [-0.1, -0.05) is 0 Å². The van der Waals surface area contributed by atoms with Crippen molar-refractivity contribution in [3.63, 3.8) is 0 Å². The van der Waals surface area contributed by atoms with E-state index in [-0.39, 0.29) is 11.6 Å². The number of amides is 1. The minimum absolute atomic E-state index is 0.267.